The zero-order chi connectivity index (χ0) is 23.4. The number of H-pyrrole nitrogens is 1. The number of aromatic nitrogens is 1. The van der Waals surface area contributed by atoms with Gasteiger partial charge in [0.2, 0.25) is 0 Å². The van der Waals surface area contributed by atoms with Gasteiger partial charge in [-0.25, -0.2) is 0 Å². The summed E-state index contributed by atoms with van der Waals surface area (Å²) in [5.41, 5.74) is 4.50. The van der Waals surface area contributed by atoms with Crippen LogP contribution in [-0.4, -0.2) is 66.7 Å². The molecule has 6 heteroatoms. The summed E-state index contributed by atoms with van der Waals surface area (Å²) >= 11 is 5.74. The molecule has 0 bridgehead atoms. The third-order valence-electron chi connectivity index (χ3n) is 8.73. The molecular formula is C26H42N4SSi. The van der Waals surface area contributed by atoms with Crippen LogP contribution in [0.4, 0.5) is 0 Å². The lowest BCUT2D eigenvalue weighted by atomic mass is 9.74. The highest BCUT2D eigenvalue weighted by Gasteiger charge is 2.45. The minimum Gasteiger partial charge on any atom is -0.362 e. The largest absolute Gasteiger partial charge is 0.362 e. The molecular weight excluding hydrogens is 428 g/mol. The van der Waals surface area contributed by atoms with Crippen molar-refractivity contribution in [2.75, 3.05) is 26.7 Å². The molecule has 2 heterocycles. The molecule has 2 N–H and O–H groups in total. The first-order chi connectivity index (χ1) is 15.0. The highest BCUT2D eigenvalue weighted by Crippen LogP contribution is 2.45. The summed E-state index contributed by atoms with van der Waals surface area (Å²) in [4.78, 5) is 8.79. The van der Waals surface area contributed by atoms with Crippen LogP contribution in [-0.2, 0) is 6.42 Å². The number of rotatable bonds is 4. The van der Waals surface area contributed by atoms with Crippen molar-refractivity contribution in [1.29, 1.82) is 0 Å². The second kappa shape index (κ2) is 8.44. The van der Waals surface area contributed by atoms with E-state index in [9.17, 15) is 0 Å². The van der Waals surface area contributed by atoms with Gasteiger partial charge < -0.3 is 20.1 Å². The summed E-state index contributed by atoms with van der Waals surface area (Å²) in [5, 5.41) is 8.02. The number of thiocarbonyl (C=S) groups is 1. The van der Waals surface area contributed by atoms with Crippen LogP contribution in [0.5, 0.6) is 0 Å². The van der Waals surface area contributed by atoms with Crippen molar-refractivity contribution in [2.45, 2.75) is 83.6 Å². The van der Waals surface area contributed by atoms with E-state index in [-0.39, 0.29) is 0 Å². The lowest BCUT2D eigenvalue weighted by molar-refractivity contribution is 0.133. The molecule has 1 aliphatic heterocycles. The Morgan fingerprint density at radius 2 is 1.94 bits per heavy atom. The summed E-state index contributed by atoms with van der Waals surface area (Å²) in [5.74, 6) is 0.546. The smallest absolute Gasteiger partial charge is 0.169 e. The fraction of sp³-hybridized carbons (Fsp3) is 0.654. The molecule has 1 aromatic heterocycles. The second-order valence-electron chi connectivity index (χ2n) is 11.5. The Balaban J connectivity index is 1.72. The zero-order valence-corrected chi connectivity index (χ0v) is 23.1. The first-order valence-corrected chi connectivity index (χ1v) is 15.8. The molecule has 1 fully saturated rings. The first kappa shape index (κ1) is 23.8. The lowest BCUT2D eigenvalue weighted by Gasteiger charge is -2.47. The number of aromatic amines is 1. The van der Waals surface area contributed by atoms with Crippen LogP contribution < -0.4 is 10.6 Å². The number of nitrogens with one attached hydrogen (secondary N) is 2. The van der Waals surface area contributed by atoms with E-state index in [1.807, 2.05) is 0 Å². The predicted molar refractivity (Wildman–Crippen MR) is 145 cm³/mol. The Kier molecular flexibility index (Phi) is 6.27. The summed E-state index contributed by atoms with van der Waals surface area (Å²) in [7, 11) is 0.653. The molecule has 1 aromatic carbocycles. The molecule has 0 spiro atoms. The van der Waals surface area contributed by atoms with Gasteiger partial charge in [0.1, 0.15) is 8.07 Å². The van der Waals surface area contributed by atoms with Crippen LogP contribution in [0.1, 0.15) is 58.1 Å². The molecule has 1 aliphatic carbocycles. The molecule has 1 unspecified atom stereocenters. The topological polar surface area (TPSA) is 34.3 Å². The highest BCUT2D eigenvalue weighted by molar-refractivity contribution is 7.80. The maximum atomic E-state index is 5.74. The van der Waals surface area contributed by atoms with Gasteiger partial charge in [-0.2, -0.15) is 0 Å². The Hall–Kier alpha value is -1.37. The molecule has 1 saturated heterocycles. The van der Waals surface area contributed by atoms with E-state index < -0.39 is 8.07 Å². The summed E-state index contributed by atoms with van der Waals surface area (Å²) in [6.45, 7) is 19.7. The molecule has 2 aromatic rings. The molecule has 0 saturated carbocycles. The van der Waals surface area contributed by atoms with Crippen molar-refractivity contribution in [1.82, 2.24) is 20.1 Å². The van der Waals surface area contributed by atoms with Gasteiger partial charge in [0.25, 0.3) is 0 Å². The Labute approximate surface area is 201 Å². The van der Waals surface area contributed by atoms with Crippen LogP contribution in [0.15, 0.2) is 18.2 Å². The van der Waals surface area contributed by atoms with Crippen molar-refractivity contribution in [3.05, 3.63) is 29.3 Å². The third-order valence-corrected chi connectivity index (χ3v) is 14.5. The fourth-order valence-corrected chi connectivity index (χ4v) is 8.42. The third kappa shape index (κ3) is 3.82. The molecule has 4 rings (SSSR count). The summed E-state index contributed by atoms with van der Waals surface area (Å²) in [6.07, 6.45) is 2.31. The van der Waals surface area contributed by atoms with Gasteiger partial charge in [0.05, 0.1) is 0 Å². The van der Waals surface area contributed by atoms with Gasteiger partial charge in [0.15, 0.2) is 5.11 Å². The SMILES string of the molecule is CCN(CC)C(=S)N[C@H]1CC2c3cccc4[nH]c([Si](C)(C)C(C)(C)C)c(c34)C[C@H]2N(C)C1. The van der Waals surface area contributed by atoms with Gasteiger partial charge >= 0.3 is 0 Å². The van der Waals surface area contributed by atoms with Crippen LogP contribution in [0.3, 0.4) is 0 Å². The molecule has 0 radical (unpaired) electrons. The number of benzene rings is 1. The van der Waals surface area contributed by atoms with E-state index >= 15 is 0 Å². The minimum absolute atomic E-state index is 0.314. The average Bonchev–Trinajstić information content (AvgIpc) is 3.09. The standard InChI is InChI=1S/C26H42N4SSi/c1-9-30(10-2)25(31)27-17-14-19-18-12-11-13-21-23(18)20(15-22(19)29(6)16-17)24(28-21)32(7,8)26(3,4)5/h11-13,17,19,22,28H,9-10,14-16H2,1-8H3,(H,27,31)/t17-,19?,22+/m0/s1. The number of hydrogen-bond acceptors (Lipinski definition) is 2. The summed E-state index contributed by atoms with van der Waals surface area (Å²) in [6, 6.07) is 7.90. The van der Waals surface area contributed by atoms with Crippen molar-refractivity contribution in [3.8, 4) is 0 Å². The maximum absolute atomic E-state index is 5.74. The van der Waals surface area contributed by atoms with E-state index in [0.29, 0.717) is 23.0 Å². The van der Waals surface area contributed by atoms with Crippen molar-refractivity contribution >= 4 is 41.6 Å². The van der Waals surface area contributed by atoms with Crippen LogP contribution in [0.25, 0.3) is 10.9 Å². The lowest BCUT2D eigenvalue weighted by Crippen LogP contribution is -2.57. The molecule has 176 valence electrons. The van der Waals surface area contributed by atoms with Gasteiger partial charge in [-0.05, 0) is 68.2 Å². The van der Waals surface area contributed by atoms with Crippen LogP contribution >= 0.6 is 12.2 Å². The normalized spacial score (nSPS) is 23.8. The average molecular weight is 471 g/mol. The molecule has 0 amide bonds. The Morgan fingerprint density at radius 1 is 1.25 bits per heavy atom. The van der Waals surface area contributed by atoms with E-state index in [1.165, 1.54) is 10.9 Å². The predicted octanol–water partition coefficient (Wildman–Crippen LogP) is 4.81. The summed E-state index contributed by atoms with van der Waals surface area (Å²) < 4.78 is 0. The Morgan fingerprint density at radius 3 is 2.56 bits per heavy atom. The number of likely N-dealkylation sites (N-methyl/N-ethyl adjacent to an activating group) is 1. The molecule has 3 atom stereocenters. The van der Waals surface area contributed by atoms with E-state index in [0.717, 1.165) is 37.6 Å². The number of nitrogens with zero attached hydrogens (tertiary/aromatic N) is 2. The highest BCUT2D eigenvalue weighted by atomic mass is 32.1. The maximum Gasteiger partial charge on any atom is 0.169 e. The van der Waals surface area contributed by atoms with Gasteiger partial charge in [-0.3, -0.25) is 0 Å². The number of likely N-dealkylation sites (tertiary alicyclic amines) is 1. The van der Waals surface area contributed by atoms with Crippen molar-refractivity contribution in [2.24, 2.45) is 0 Å². The molecule has 32 heavy (non-hydrogen) atoms. The first-order valence-electron chi connectivity index (χ1n) is 12.4. The van der Waals surface area contributed by atoms with Crippen LogP contribution in [0, 0.1) is 0 Å². The number of fused-ring (bicyclic) bond motifs is 2. The van der Waals surface area contributed by atoms with E-state index in [4.69, 9.17) is 12.2 Å². The van der Waals surface area contributed by atoms with Gasteiger partial charge in [-0.15, -0.1) is 0 Å². The Bertz CT molecular complexity index is 1000. The van der Waals surface area contributed by atoms with Gasteiger partial charge in [0, 0.05) is 53.9 Å². The van der Waals surface area contributed by atoms with Crippen molar-refractivity contribution in [3.63, 3.8) is 0 Å². The van der Waals surface area contributed by atoms with Crippen LogP contribution in [0.2, 0.25) is 18.1 Å². The minimum atomic E-state index is -1.66. The monoisotopic (exact) mass is 470 g/mol. The second-order valence-corrected chi connectivity index (χ2v) is 17.1. The van der Waals surface area contributed by atoms with E-state index in [2.05, 4.69) is 93.1 Å². The van der Waals surface area contributed by atoms with Gasteiger partial charge in [-0.1, -0.05) is 46.0 Å². The van der Waals surface area contributed by atoms with E-state index in [1.54, 1.807) is 16.4 Å². The number of piperidine rings is 1. The number of hydrogen-bond donors (Lipinski definition) is 2. The van der Waals surface area contributed by atoms with Crippen molar-refractivity contribution < 1.29 is 0 Å². The molecule has 4 nitrogen and oxygen atoms in total. The zero-order valence-electron chi connectivity index (χ0n) is 21.3. The quantitative estimate of drug-likeness (QED) is 0.496. The fourth-order valence-electron chi connectivity index (χ4n) is 5.82. The molecule has 2 aliphatic rings.